The van der Waals surface area contributed by atoms with Gasteiger partial charge in [0, 0.05) is 17.4 Å². The predicted octanol–water partition coefficient (Wildman–Crippen LogP) is 3.89. The highest BCUT2D eigenvalue weighted by Crippen LogP contribution is 2.33. The van der Waals surface area contributed by atoms with Gasteiger partial charge in [-0.05, 0) is 50.6 Å². The quantitative estimate of drug-likeness (QED) is 0.646. The predicted molar refractivity (Wildman–Crippen MR) is 93.7 cm³/mol. The Morgan fingerprint density at radius 3 is 2.32 bits per heavy atom. The van der Waals surface area contributed by atoms with Crippen LogP contribution < -0.4 is 5.32 Å². The van der Waals surface area contributed by atoms with E-state index in [0.29, 0.717) is 10.6 Å². The second kappa shape index (κ2) is 7.57. The van der Waals surface area contributed by atoms with Crippen molar-refractivity contribution in [1.29, 1.82) is 0 Å². The molecule has 25 heavy (non-hydrogen) atoms. The van der Waals surface area contributed by atoms with Gasteiger partial charge in [0.2, 0.25) is 11.7 Å². The van der Waals surface area contributed by atoms with E-state index in [2.05, 4.69) is 5.32 Å². The zero-order valence-electron chi connectivity index (χ0n) is 14.3. The molecular weight excluding hydrogens is 345 g/mol. The lowest BCUT2D eigenvalue weighted by atomic mass is 10.1. The van der Waals surface area contributed by atoms with Gasteiger partial charge in [-0.1, -0.05) is 0 Å². The number of esters is 1. The van der Waals surface area contributed by atoms with E-state index in [-0.39, 0.29) is 17.0 Å². The number of carbonyl (C=O) groups excluding carboxylic acids is 3. The lowest BCUT2D eigenvalue weighted by Gasteiger charge is -2.13. The number of amides is 1. The Hall–Kier alpha value is -2.54. The third-order valence-electron chi connectivity index (χ3n) is 3.66. The summed E-state index contributed by atoms with van der Waals surface area (Å²) in [5.74, 6) is -1.87. The zero-order chi connectivity index (χ0) is 18.7. The minimum atomic E-state index is -1.04. The van der Waals surface area contributed by atoms with Crippen molar-refractivity contribution < 1.29 is 23.5 Å². The molecule has 2 aromatic rings. The van der Waals surface area contributed by atoms with Gasteiger partial charge < -0.3 is 10.1 Å². The number of ketones is 1. The number of halogens is 1. The van der Waals surface area contributed by atoms with E-state index >= 15 is 0 Å². The van der Waals surface area contributed by atoms with Crippen LogP contribution in [0.15, 0.2) is 24.3 Å². The normalized spacial score (nSPS) is 11.7. The van der Waals surface area contributed by atoms with Gasteiger partial charge in [-0.15, -0.1) is 11.3 Å². The third kappa shape index (κ3) is 4.30. The van der Waals surface area contributed by atoms with Crippen molar-refractivity contribution in [3.8, 4) is 0 Å². The van der Waals surface area contributed by atoms with E-state index in [1.807, 2.05) is 6.92 Å². The molecule has 1 N–H and O–H groups in total. The van der Waals surface area contributed by atoms with Crippen molar-refractivity contribution in [3.05, 3.63) is 51.7 Å². The number of ether oxygens (including phenoxy) is 1. The summed E-state index contributed by atoms with van der Waals surface area (Å²) in [6.07, 6.45) is -1.04. The molecule has 2 rings (SSSR count). The van der Waals surface area contributed by atoms with Crippen molar-refractivity contribution >= 4 is 34.0 Å². The monoisotopic (exact) mass is 363 g/mol. The lowest BCUT2D eigenvalue weighted by Crippen LogP contribution is -2.25. The largest absolute Gasteiger partial charge is 0.451 e. The van der Waals surface area contributed by atoms with Crippen LogP contribution in [0.2, 0.25) is 0 Å². The molecule has 0 saturated heterocycles. The summed E-state index contributed by atoms with van der Waals surface area (Å²) in [5, 5.41) is 3.01. The molecule has 132 valence electrons. The Morgan fingerprint density at radius 1 is 1.16 bits per heavy atom. The summed E-state index contributed by atoms with van der Waals surface area (Å²) in [6, 6.07) is 5.02. The second-order valence-electron chi connectivity index (χ2n) is 5.59. The number of anilines is 1. The van der Waals surface area contributed by atoms with E-state index in [0.717, 1.165) is 4.88 Å². The summed E-state index contributed by atoms with van der Waals surface area (Å²) >= 11 is 1.27. The highest BCUT2D eigenvalue weighted by atomic mass is 32.1. The molecule has 0 unspecified atom stereocenters. The van der Waals surface area contributed by atoms with Crippen LogP contribution in [0.25, 0.3) is 0 Å². The Labute approximate surface area is 148 Å². The second-order valence-corrected chi connectivity index (χ2v) is 6.81. The molecule has 1 amide bonds. The molecule has 0 aliphatic rings. The number of hydrogen-bond acceptors (Lipinski definition) is 5. The van der Waals surface area contributed by atoms with Gasteiger partial charge in [0.15, 0.2) is 6.10 Å². The summed E-state index contributed by atoms with van der Waals surface area (Å²) in [5.41, 5.74) is 1.19. The number of thiophene rings is 1. The van der Waals surface area contributed by atoms with E-state index < -0.39 is 23.7 Å². The maximum absolute atomic E-state index is 12.9. The van der Waals surface area contributed by atoms with E-state index in [9.17, 15) is 18.8 Å². The Balaban J connectivity index is 2.20. The Morgan fingerprint density at radius 2 is 1.76 bits per heavy atom. The molecule has 7 heteroatoms. The van der Waals surface area contributed by atoms with Crippen molar-refractivity contribution in [3.63, 3.8) is 0 Å². The summed E-state index contributed by atoms with van der Waals surface area (Å²) < 4.78 is 18.2. The van der Waals surface area contributed by atoms with E-state index in [4.69, 9.17) is 4.74 Å². The Kier molecular flexibility index (Phi) is 5.69. The van der Waals surface area contributed by atoms with Crippen molar-refractivity contribution in [2.45, 2.75) is 33.8 Å². The van der Waals surface area contributed by atoms with Crippen LogP contribution in [0.4, 0.5) is 9.39 Å². The molecule has 0 fully saturated rings. The highest BCUT2D eigenvalue weighted by molar-refractivity contribution is 7.16. The standard InChI is InChI=1S/C18H18FNO4S/c1-9-11(3)25-17(20-12(4)21)15(9)18(23)24-10(2)16(22)13-5-7-14(19)8-6-13/h5-8,10H,1-4H3,(H,20,21)/t10-/m1/s1. The van der Waals surface area contributed by atoms with E-state index in [1.165, 1.54) is 49.4 Å². The van der Waals surface area contributed by atoms with Gasteiger partial charge >= 0.3 is 5.97 Å². The fourth-order valence-corrected chi connectivity index (χ4v) is 3.34. The van der Waals surface area contributed by atoms with Crippen LogP contribution in [0.3, 0.4) is 0 Å². The number of Topliss-reactive ketones (excluding diaryl/α,β-unsaturated/α-hetero) is 1. The van der Waals surface area contributed by atoms with E-state index in [1.54, 1.807) is 6.92 Å². The average molecular weight is 363 g/mol. The minimum Gasteiger partial charge on any atom is -0.451 e. The van der Waals surface area contributed by atoms with Gasteiger partial charge in [-0.3, -0.25) is 9.59 Å². The molecule has 0 aliphatic carbocycles. The first-order chi connectivity index (χ1) is 11.7. The maximum atomic E-state index is 12.9. The molecule has 0 radical (unpaired) electrons. The van der Waals surface area contributed by atoms with Crippen LogP contribution in [-0.2, 0) is 9.53 Å². The molecule has 1 heterocycles. The first-order valence-corrected chi connectivity index (χ1v) is 8.40. The number of nitrogens with one attached hydrogen (secondary N) is 1. The van der Waals surface area contributed by atoms with Crippen molar-refractivity contribution in [1.82, 2.24) is 0 Å². The van der Waals surface area contributed by atoms with Crippen LogP contribution in [0.1, 0.15) is 45.0 Å². The number of benzene rings is 1. The lowest BCUT2D eigenvalue weighted by molar-refractivity contribution is -0.114. The smallest absolute Gasteiger partial charge is 0.342 e. The number of carbonyl (C=O) groups is 3. The number of hydrogen-bond donors (Lipinski definition) is 1. The molecule has 0 bridgehead atoms. The Bertz CT molecular complexity index is 826. The van der Waals surface area contributed by atoms with Gasteiger partial charge in [0.1, 0.15) is 10.8 Å². The van der Waals surface area contributed by atoms with Crippen molar-refractivity contribution in [2.75, 3.05) is 5.32 Å². The summed E-state index contributed by atoms with van der Waals surface area (Å²) in [6.45, 7) is 6.38. The summed E-state index contributed by atoms with van der Waals surface area (Å²) in [7, 11) is 0. The van der Waals surface area contributed by atoms with Crippen LogP contribution in [0.5, 0.6) is 0 Å². The van der Waals surface area contributed by atoms with Gasteiger partial charge in [0.05, 0.1) is 5.56 Å². The van der Waals surface area contributed by atoms with Crippen LogP contribution in [0, 0.1) is 19.7 Å². The van der Waals surface area contributed by atoms with Gasteiger partial charge in [0.25, 0.3) is 0 Å². The highest BCUT2D eigenvalue weighted by Gasteiger charge is 2.26. The van der Waals surface area contributed by atoms with Gasteiger partial charge in [-0.25, -0.2) is 9.18 Å². The molecule has 0 spiro atoms. The molecule has 1 atom stereocenters. The molecular formula is C18H18FNO4S. The first-order valence-electron chi connectivity index (χ1n) is 7.59. The molecule has 0 aliphatic heterocycles. The van der Waals surface area contributed by atoms with Gasteiger partial charge in [-0.2, -0.15) is 0 Å². The fourth-order valence-electron chi connectivity index (χ4n) is 2.24. The third-order valence-corrected chi connectivity index (χ3v) is 4.78. The van der Waals surface area contributed by atoms with Crippen molar-refractivity contribution in [2.24, 2.45) is 0 Å². The molecule has 1 aromatic carbocycles. The molecule has 0 saturated carbocycles. The maximum Gasteiger partial charge on any atom is 0.342 e. The summed E-state index contributed by atoms with van der Waals surface area (Å²) in [4.78, 5) is 37.0. The SMILES string of the molecule is CC(=O)Nc1sc(C)c(C)c1C(=O)O[C@H](C)C(=O)c1ccc(F)cc1. The minimum absolute atomic E-state index is 0.247. The number of aryl methyl sites for hydroxylation is 1. The first kappa shape index (κ1) is 18.8. The van der Waals surface area contributed by atoms with Crippen LogP contribution in [-0.4, -0.2) is 23.8 Å². The molecule has 1 aromatic heterocycles. The fraction of sp³-hybridized carbons (Fsp3) is 0.278. The molecule has 5 nitrogen and oxygen atoms in total. The average Bonchev–Trinajstić information content (AvgIpc) is 2.80. The zero-order valence-corrected chi connectivity index (χ0v) is 15.1. The number of rotatable bonds is 5. The van der Waals surface area contributed by atoms with Crippen LogP contribution >= 0.6 is 11.3 Å². The topological polar surface area (TPSA) is 72.5 Å².